The summed E-state index contributed by atoms with van der Waals surface area (Å²) in [6.07, 6.45) is -3.76. The minimum atomic E-state index is -4.46. The van der Waals surface area contributed by atoms with Crippen molar-refractivity contribution in [3.8, 4) is 34.4 Å². The number of carbonyl (C=O) groups excluding carboxylic acids is 2. The maximum atomic E-state index is 13.3. The maximum absolute atomic E-state index is 13.3. The van der Waals surface area contributed by atoms with Gasteiger partial charge in [-0.1, -0.05) is 29.8 Å². The van der Waals surface area contributed by atoms with E-state index in [2.05, 4.69) is 26.7 Å². The number of alkyl halides is 3. The lowest BCUT2D eigenvalue weighted by molar-refractivity contribution is -0.134. The van der Waals surface area contributed by atoms with Crippen LogP contribution in [0.3, 0.4) is 0 Å². The number of furan rings is 1. The Hall–Kier alpha value is -4.92. The Morgan fingerprint density at radius 3 is 2.45 bits per heavy atom. The minimum absolute atomic E-state index is 0.00236. The Balaban J connectivity index is 1.70. The first-order valence-corrected chi connectivity index (χ1v) is 13.1. The molecule has 2 amide bonds. The second-order valence-electron chi connectivity index (χ2n) is 10.1. The molecule has 1 aliphatic carbocycles. The largest absolute Gasteiger partial charge is 0.480 e. The molecule has 5 rings (SSSR count). The molecule has 42 heavy (non-hydrogen) atoms. The number of carbonyl (C=O) groups is 2. The third-order valence-electron chi connectivity index (χ3n) is 7.09. The van der Waals surface area contributed by atoms with Crippen LogP contribution in [-0.2, 0) is 6.42 Å². The second kappa shape index (κ2) is 10.8. The van der Waals surface area contributed by atoms with Gasteiger partial charge in [-0.15, -0.1) is 0 Å². The van der Waals surface area contributed by atoms with E-state index in [1.54, 1.807) is 12.1 Å². The average molecular weight is 578 g/mol. The fourth-order valence-corrected chi connectivity index (χ4v) is 4.62. The van der Waals surface area contributed by atoms with E-state index in [1.807, 2.05) is 19.1 Å². The van der Waals surface area contributed by atoms with Crippen molar-refractivity contribution < 1.29 is 31.9 Å². The number of ether oxygens (including phenoxy) is 1. The number of amides is 2. The molecule has 3 heterocycles. The number of methoxy groups -OCH3 is 1. The van der Waals surface area contributed by atoms with Crippen LogP contribution in [0, 0.1) is 18.3 Å². The molecular formula is C30H26F3N5O4. The van der Waals surface area contributed by atoms with Crippen LogP contribution in [0.4, 0.5) is 13.2 Å². The molecule has 4 aromatic rings. The summed E-state index contributed by atoms with van der Waals surface area (Å²) in [6.45, 7) is 1.91. The zero-order valence-electron chi connectivity index (χ0n) is 23.0. The highest BCUT2D eigenvalue weighted by Crippen LogP contribution is 2.39. The molecule has 216 valence electrons. The van der Waals surface area contributed by atoms with Gasteiger partial charge in [-0.05, 0) is 38.3 Å². The Morgan fingerprint density at radius 2 is 1.86 bits per heavy atom. The number of aryl methyl sites for hydroxylation is 2. The number of aromatic nitrogens is 2. The number of benzene rings is 1. The Morgan fingerprint density at radius 1 is 1.14 bits per heavy atom. The molecule has 0 atom stereocenters. The van der Waals surface area contributed by atoms with E-state index >= 15 is 0 Å². The molecule has 1 aliphatic rings. The summed E-state index contributed by atoms with van der Waals surface area (Å²) < 4.78 is 51.2. The standard InChI is InChI=1S/C30H26F3N5O4/c1-16-4-6-17(7-5-16)24-23(26(40)35-2)20-13-19(22(37-28(20)42-24)8-9-30(31,32)33)18-12-21(27(41-3)36-14-18)25(39)38-29(15-34)10-11-29/h4-7,12-14H,8-11H2,1-3H3,(H,35,40)(H,38,39). The first kappa shape index (κ1) is 28.6. The van der Waals surface area contributed by atoms with E-state index in [4.69, 9.17) is 9.15 Å². The number of hydrogen-bond donors (Lipinski definition) is 2. The number of fused-ring (bicyclic) bond motifs is 1. The number of nitrogens with one attached hydrogen (secondary N) is 2. The van der Waals surface area contributed by atoms with Gasteiger partial charge in [0.15, 0.2) is 0 Å². The Labute approximate surface area is 238 Å². The van der Waals surface area contributed by atoms with Crippen LogP contribution in [0.5, 0.6) is 5.88 Å². The van der Waals surface area contributed by atoms with E-state index in [-0.39, 0.29) is 50.7 Å². The number of halogens is 3. The topological polar surface area (TPSA) is 130 Å². The van der Waals surface area contributed by atoms with E-state index < -0.39 is 36.4 Å². The van der Waals surface area contributed by atoms with Crippen LogP contribution in [0.15, 0.2) is 47.0 Å². The van der Waals surface area contributed by atoms with Gasteiger partial charge in [-0.25, -0.2) is 9.97 Å². The van der Waals surface area contributed by atoms with Gasteiger partial charge in [0.25, 0.3) is 11.8 Å². The second-order valence-corrected chi connectivity index (χ2v) is 10.1. The molecule has 0 aliphatic heterocycles. The summed E-state index contributed by atoms with van der Waals surface area (Å²) in [4.78, 5) is 34.9. The minimum Gasteiger partial charge on any atom is -0.480 e. The zero-order valence-corrected chi connectivity index (χ0v) is 23.0. The number of rotatable bonds is 8. The van der Waals surface area contributed by atoms with Crippen LogP contribution in [0.25, 0.3) is 33.6 Å². The normalized spacial score (nSPS) is 13.8. The molecule has 1 aromatic carbocycles. The highest BCUT2D eigenvalue weighted by atomic mass is 19.4. The molecule has 0 unspecified atom stereocenters. The molecule has 0 spiro atoms. The first-order valence-electron chi connectivity index (χ1n) is 13.1. The van der Waals surface area contributed by atoms with Gasteiger partial charge in [0.2, 0.25) is 11.6 Å². The monoisotopic (exact) mass is 577 g/mol. The molecule has 3 aromatic heterocycles. The van der Waals surface area contributed by atoms with Gasteiger partial charge in [0, 0.05) is 36.4 Å². The highest BCUT2D eigenvalue weighted by Gasteiger charge is 2.45. The van der Waals surface area contributed by atoms with Gasteiger partial charge in [0.1, 0.15) is 16.9 Å². The smallest absolute Gasteiger partial charge is 0.389 e. The Bertz CT molecular complexity index is 1740. The van der Waals surface area contributed by atoms with Gasteiger partial charge < -0.3 is 19.8 Å². The fourth-order valence-electron chi connectivity index (χ4n) is 4.62. The third-order valence-corrected chi connectivity index (χ3v) is 7.09. The highest BCUT2D eigenvalue weighted by molar-refractivity contribution is 6.11. The number of hydrogen-bond acceptors (Lipinski definition) is 7. The molecule has 1 saturated carbocycles. The summed E-state index contributed by atoms with van der Waals surface area (Å²) in [7, 11) is 2.78. The molecular weight excluding hydrogens is 551 g/mol. The maximum Gasteiger partial charge on any atom is 0.389 e. The lowest BCUT2D eigenvalue weighted by Crippen LogP contribution is -2.35. The van der Waals surface area contributed by atoms with Crippen LogP contribution in [0.1, 0.15) is 51.2 Å². The number of pyridine rings is 2. The molecule has 1 fully saturated rings. The molecule has 0 saturated heterocycles. The van der Waals surface area contributed by atoms with Crippen molar-refractivity contribution in [3.63, 3.8) is 0 Å². The van der Waals surface area contributed by atoms with Gasteiger partial charge >= 0.3 is 6.18 Å². The molecule has 2 N–H and O–H groups in total. The van der Waals surface area contributed by atoms with E-state index in [9.17, 15) is 28.0 Å². The van der Waals surface area contributed by atoms with Crippen LogP contribution in [0.2, 0.25) is 0 Å². The van der Waals surface area contributed by atoms with Crippen molar-refractivity contribution in [1.82, 2.24) is 20.6 Å². The van der Waals surface area contributed by atoms with Crippen molar-refractivity contribution in [2.24, 2.45) is 0 Å². The van der Waals surface area contributed by atoms with Crippen molar-refractivity contribution in [3.05, 3.63) is 65.0 Å². The van der Waals surface area contributed by atoms with Crippen molar-refractivity contribution in [2.45, 2.75) is 44.3 Å². The number of nitriles is 1. The summed E-state index contributed by atoms with van der Waals surface area (Å²) in [5, 5.41) is 15.0. The summed E-state index contributed by atoms with van der Waals surface area (Å²) in [6, 6.07) is 12.3. The van der Waals surface area contributed by atoms with Crippen LogP contribution in [-0.4, -0.2) is 47.7 Å². The zero-order chi connectivity index (χ0) is 30.2. The van der Waals surface area contributed by atoms with Crippen LogP contribution >= 0.6 is 0 Å². The van der Waals surface area contributed by atoms with Crippen LogP contribution < -0.4 is 15.4 Å². The average Bonchev–Trinajstić information content (AvgIpc) is 3.65. The summed E-state index contributed by atoms with van der Waals surface area (Å²) in [5.74, 6) is -0.886. The molecule has 12 heteroatoms. The van der Waals surface area contributed by atoms with E-state index in [1.165, 1.54) is 32.5 Å². The summed E-state index contributed by atoms with van der Waals surface area (Å²) in [5.41, 5.74) is 1.31. The molecule has 0 radical (unpaired) electrons. The predicted molar refractivity (Wildman–Crippen MR) is 147 cm³/mol. The number of nitrogens with zero attached hydrogens (tertiary/aromatic N) is 3. The molecule has 0 bridgehead atoms. The third kappa shape index (κ3) is 5.63. The van der Waals surface area contributed by atoms with Crippen molar-refractivity contribution in [1.29, 1.82) is 5.26 Å². The lowest BCUT2D eigenvalue weighted by atomic mass is 9.97. The van der Waals surface area contributed by atoms with E-state index in [0.29, 0.717) is 18.4 Å². The predicted octanol–water partition coefficient (Wildman–Crippen LogP) is 5.51. The van der Waals surface area contributed by atoms with Crippen molar-refractivity contribution >= 4 is 22.9 Å². The fraction of sp³-hybridized carbons (Fsp3) is 0.300. The first-order chi connectivity index (χ1) is 20.0. The SMILES string of the molecule is CNC(=O)c1c(-c2ccc(C)cc2)oc2nc(CCC(F)(F)F)c(-c3cnc(OC)c(C(=O)NC4(C#N)CC4)c3)cc12. The molecule has 9 nitrogen and oxygen atoms in total. The van der Waals surface area contributed by atoms with Gasteiger partial charge in [-0.3, -0.25) is 9.59 Å². The van der Waals surface area contributed by atoms with Gasteiger partial charge in [-0.2, -0.15) is 18.4 Å². The van der Waals surface area contributed by atoms with Crippen molar-refractivity contribution in [2.75, 3.05) is 14.2 Å². The quantitative estimate of drug-likeness (QED) is 0.282. The summed E-state index contributed by atoms with van der Waals surface area (Å²) >= 11 is 0. The Kier molecular flexibility index (Phi) is 7.36. The van der Waals surface area contributed by atoms with E-state index in [0.717, 1.165) is 5.56 Å². The lowest BCUT2D eigenvalue weighted by Gasteiger charge is -2.15. The van der Waals surface area contributed by atoms with Gasteiger partial charge in [0.05, 0.1) is 29.8 Å².